The van der Waals surface area contributed by atoms with Crippen molar-refractivity contribution >= 4 is 16.5 Å². The SMILES string of the molecule is COc1ccccc1Cc1csc(N)n1. The van der Waals surface area contributed by atoms with E-state index in [1.54, 1.807) is 7.11 Å². The number of methoxy groups -OCH3 is 1. The first-order chi connectivity index (χ1) is 7.29. The molecule has 1 aromatic heterocycles. The summed E-state index contributed by atoms with van der Waals surface area (Å²) in [7, 11) is 1.67. The molecule has 0 amide bonds. The number of benzene rings is 1. The van der Waals surface area contributed by atoms with Crippen molar-refractivity contribution in [1.29, 1.82) is 0 Å². The second-order valence-electron chi connectivity index (χ2n) is 3.17. The van der Waals surface area contributed by atoms with Gasteiger partial charge in [0.1, 0.15) is 5.75 Å². The molecule has 15 heavy (non-hydrogen) atoms. The Morgan fingerprint density at radius 3 is 2.87 bits per heavy atom. The minimum atomic E-state index is 0.611. The van der Waals surface area contributed by atoms with Crippen LogP contribution in [0.1, 0.15) is 11.3 Å². The maximum atomic E-state index is 5.58. The smallest absolute Gasteiger partial charge is 0.180 e. The predicted octanol–water partition coefficient (Wildman–Crippen LogP) is 2.32. The number of anilines is 1. The lowest BCUT2D eigenvalue weighted by Crippen LogP contribution is -1.94. The van der Waals surface area contributed by atoms with Crippen LogP contribution in [0.2, 0.25) is 0 Å². The highest BCUT2D eigenvalue weighted by Crippen LogP contribution is 2.22. The molecule has 0 radical (unpaired) electrons. The third-order valence-corrected chi connectivity index (χ3v) is 2.86. The summed E-state index contributed by atoms with van der Waals surface area (Å²) >= 11 is 1.46. The van der Waals surface area contributed by atoms with Crippen LogP contribution >= 0.6 is 11.3 Å². The molecule has 0 unspecified atom stereocenters. The molecule has 0 spiro atoms. The summed E-state index contributed by atoms with van der Waals surface area (Å²) < 4.78 is 5.27. The van der Waals surface area contributed by atoms with Gasteiger partial charge in [0.25, 0.3) is 0 Å². The number of nitrogens with zero attached hydrogens (tertiary/aromatic N) is 1. The summed E-state index contributed by atoms with van der Waals surface area (Å²) in [6, 6.07) is 7.94. The molecule has 1 aromatic carbocycles. The maximum absolute atomic E-state index is 5.58. The van der Waals surface area contributed by atoms with Gasteiger partial charge in [-0.15, -0.1) is 11.3 Å². The minimum Gasteiger partial charge on any atom is -0.496 e. The van der Waals surface area contributed by atoms with Gasteiger partial charge in [0, 0.05) is 17.4 Å². The van der Waals surface area contributed by atoms with Gasteiger partial charge in [-0.2, -0.15) is 0 Å². The number of hydrogen-bond acceptors (Lipinski definition) is 4. The molecule has 0 atom stereocenters. The normalized spacial score (nSPS) is 10.2. The van der Waals surface area contributed by atoms with Gasteiger partial charge < -0.3 is 10.5 Å². The number of thiazole rings is 1. The maximum Gasteiger partial charge on any atom is 0.180 e. The Morgan fingerprint density at radius 2 is 2.20 bits per heavy atom. The van der Waals surface area contributed by atoms with Gasteiger partial charge in [0.05, 0.1) is 12.8 Å². The lowest BCUT2D eigenvalue weighted by atomic mass is 10.1. The molecule has 2 rings (SSSR count). The van der Waals surface area contributed by atoms with Crippen LogP contribution in [0.15, 0.2) is 29.6 Å². The second-order valence-corrected chi connectivity index (χ2v) is 4.06. The Morgan fingerprint density at radius 1 is 1.40 bits per heavy atom. The summed E-state index contributed by atoms with van der Waals surface area (Å²) in [5.74, 6) is 0.893. The number of para-hydroxylation sites is 1. The topological polar surface area (TPSA) is 48.1 Å². The van der Waals surface area contributed by atoms with E-state index in [-0.39, 0.29) is 0 Å². The van der Waals surface area contributed by atoms with Crippen LogP contribution in [0, 0.1) is 0 Å². The summed E-state index contributed by atoms with van der Waals surface area (Å²) in [5, 5.41) is 2.58. The molecule has 0 bridgehead atoms. The summed E-state index contributed by atoms with van der Waals surface area (Å²) in [6.07, 6.45) is 0.762. The molecular weight excluding hydrogens is 208 g/mol. The lowest BCUT2D eigenvalue weighted by Gasteiger charge is -2.05. The molecule has 0 saturated carbocycles. The van der Waals surface area contributed by atoms with Gasteiger partial charge in [-0.05, 0) is 6.07 Å². The monoisotopic (exact) mass is 220 g/mol. The molecular formula is C11H12N2OS. The number of aromatic nitrogens is 1. The van der Waals surface area contributed by atoms with Gasteiger partial charge >= 0.3 is 0 Å². The van der Waals surface area contributed by atoms with Crippen molar-refractivity contribution in [3.05, 3.63) is 40.9 Å². The third-order valence-electron chi connectivity index (χ3n) is 2.13. The molecule has 4 heteroatoms. The van der Waals surface area contributed by atoms with Crippen molar-refractivity contribution in [3.8, 4) is 5.75 Å². The molecule has 0 saturated heterocycles. The number of nitrogen functional groups attached to an aromatic ring is 1. The van der Waals surface area contributed by atoms with Crippen LogP contribution in [-0.4, -0.2) is 12.1 Å². The van der Waals surface area contributed by atoms with Crippen molar-refractivity contribution < 1.29 is 4.74 Å². The standard InChI is InChI=1S/C11H12N2OS/c1-14-10-5-3-2-4-8(10)6-9-7-15-11(12)13-9/h2-5,7H,6H2,1H3,(H2,12,13). The zero-order chi connectivity index (χ0) is 10.7. The van der Waals surface area contributed by atoms with Gasteiger partial charge in [-0.1, -0.05) is 18.2 Å². The van der Waals surface area contributed by atoms with E-state index in [0.717, 1.165) is 23.4 Å². The van der Waals surface area contributed by atoms with Gasteiger partial charge in [-0.25, -0.2) is 4.98 Å². The fourth-order valence-corrected chi connectivity index (χ4v) is 2.01. The molecule has 0 aliphatic rings. The predicted molar refractivity (Wildman–Crippen MR) is 62.3 cm³/mol. The Hall–Kier alpha value is -1.55. The number of hydrogen-bond donors (Lipinski definition) is 1. The average molecular weight is 220 g/mol. The largest absolute Gasteiger partial charge is 0.496 e. The Kier molecular flexibility index (Phi) is 2.87. The quantitative estimate of drug-likeness (QED) is 0.863. The molecule has 2 aromatic rings. The first-order valence-electron chi connectivity index (χ1n) is 4.61. The highest BCUT2D eigenvalue weighted by Gasteiger charge is 2.05. The summed E-state index contributed by atoms with van der Waals surface area (Å²) in [4.78, 5) is 4.22. The number of nitrogens with two attached hydrogens (primary N) is 1. The molecule has 0 aliphatic heterocycles. The van der Waals surface area contributed by atoms with Crippen LogP contribution in [0.3, 0.4) is 0 Å². The number of rotatable bonds is 3. The summed E-state index contributed by atoms with van der Waals surface area (Å²) in [6.45, 7) is 0. The molecule has 3 nitrogen and oxygen atoms in total. The molecule has 0 aliphatic carbocycles. The van der Waals surface area contributed by atoms with Gasteiger partial charge in [-0.3, -0.25) is 0 Å². The molecule has 0 fully saturated rings. The summed E-state index contributed by atoms with van der Waals surface area (Å²) in [5.41, 5.74) is 7.70. The van der Waals surface area contributed by atoms with E-state index >= 15 is 0 Å². The zero-order valence-electron chi connectivity index (χ0n) is 8.43. The van der Waals surface area contributed by atoms with Crippen LogP contribution in [0.25, 0.3) is 0 Å². The average Bonchev–Trinajstić information content (AvgIpc) is 2.65. The van der Waals surface area contributed by atoms with E-state index in [9.17, 15) is 0 Å². The highest BCUT2D eigenvalue weighted by molar-refractivity contribution is 7.13. The van der Waals surface area contributed by atoms with E-state index in [1.165, 1.54) is 11.3 Å². The van der Waals surface area contributed by atoms with Crippen LogP contribution in [-0.2, 0) is 6.42 Å². The van der Waals surface area contributed by atoms with Crippen LogP contribution < -0.4 is 10.5 Å². The Bertz CT molecular complexity index is 453. The van der Waals surface area contributed by atoms with Crippen molar-refractivity contribution in [1.82, 2.24) is 4.98 Å². The second kappa shape index (κ2) is 4.31. The van der Waals surface area contributed by atoms with Crippen molar-refractivity contribution in [3.63, 3.8) is 0 Å². The van der Waals surface area contributed by atoms with E-state index in [4.69, 9.17) is 10.5 Å². The van der Waals surface area contributed by atoms with Crippen molar-refractivity contribution in [2.45, 2.75) is 6.42 Å². The molecule has 1 heterocycles. The van der Waals surface area contributed by atoms with Crippen molar-refractivity contribution in [2.75, 3.05) is 12.8 Å². The number of ether oxygens (including phenoxy) is 1. The van der Waals surface area contributed by atoms with E-state index in [1.807, 2.05) is 29.6 Å². The van der Waals surface area contributed by atoms with Crippen LogP contribution in [0.5, 0.6) is 5.75 Å². The van der Waals surface area contributed by atoms with Crippen LogP contribution in [0.4, 0.5) is 5.13 Å². The third kappa shape index (κ3) is 2.27. The lowest BCUT2D eigenvalue weighted by molar-refractivity contribution is 0.410. The zero-order valence-corrected chi connectivity index (χ0v) is 9.25. The minimum absolute atomic E-state index is 0.611. The fourth-order valence-electron chi connectivity index (χ4n) is 1.45. The Balaban J connectivity index is 2.23. The molecule has 78 valence electrons. The Labute approximate surface area is 92.5 Å². The molecule has 2 N–H and O–H groups in total. The first kappa shape index (κ1) is 9.98. The van der Waals surface area contributed by atoms with Gasteiger partial charge in [0.2, 0.25) is 0 Å². The van der Waals surface area contributed by atoms with E-state index in [0.29, 0.717) is 5.13 Å². The van der Waals surface area contributed by atoms with E-state index < -0.39 is 0 Å². The first-order valence-corrected chi connectivity index (χ1v) is 5.49. The highest BCUT2D eigenvalue weighted by atomic mass is 32.1. The van der Waals surface area contributed by atoms with Gasteiger partial charge in [0.15, 0.2) is 5.13 Å². The fraction of sp³-hybridized carbons (Fsp3) is 0.182. The van der Waals surface area contributed by atoms with E-state index in [2.05, 4.69) is 4.98 Å². The van der Waals surface area contributed by atoms with Crippen molar-refractivity contribution in [2.24, 2.45) is 0 Å².